The smallest absolute Gasteiger partial charge is 0.302 e. The number of nitrogens with one attached hydrogen (secondary N) is 1. The van der Waals surface area contributed by atoms with Crippen LogP contribution in [0.2, 0.25) is 0 Å². The summed E-state index contributed by atoms with van der Waals surface area (Å²) >= 11 is 0. The zero-order chi connectivity index (χ0) is 45.1. The summed E-state index contributed by atoms with van der Waals surface area (Å²) in [4.78, 5) is 52.8. The number of hydrogen-bond donors (Lipinski definition) is 5. The van der Waals surface area contributed by atoms with E-state index in [-0.39, 0.29) is 80.3 Å². The number of carbonyl (C=O) groups excluding carboxylic acids is 3. The molecule has 13 heteroatoms. The lowest BCUT2D eigenvalue weighted by Crippen LogP contribution is -2.40. The first-order chi connectivity index (χ1) is 28.5. The Hall–Kier alpha value is -5.03. The molecule has 2 aromatic carbocycles. The average Bonchev–Trinajstić information content (AvgIpc) is 3.46. The van der Waals surface area contributed by atoms with Gasteiger partial charge in [0.25, 0.3) is 5.91 Å². The number of esters is 1. The van der Waals surface area contributed by atoms with Crippen molar-refractivity contribution in [3.05, 3.63) is 57.8 Å². The van der Waals surface area contributed by atoms with Gasteiger partial charge in [0.05, 0.1) is 22.4 Å². The van der Waals surface area contributed by atoms with Crippen molar-refractivity contribution in [1.29, 1.82) is 0 Å². The van der Waals surface area contributed by atoms with Gasteiger partial charge in [-0.1, -0.05) is 58.1 Å². The number of Topliss-reactive ketones (excluding diaryl/α,β-unsaturated/α-hetero) is 1. The molecule has 7 atom stereocenters. The molecule has 0 saturated carbocycles. The molecule has 0 saturated heterocycles. The van der Waals surface area contributed by atoms with Crippen LogP contribution >= 0.6 is 0 Å². The summed E-state index contributed by atoms with van der Waals surface area (Å²) < 4.78 is 12.3. The first-order valence-electron chi connectivity index (χ1n) is 20.8. The molecule has 0 spiro atoms. The lowest BCUT2D eigenvalue weighted by Gasteiger charge is -2.34. The number of aliphatic hydroxyl groups is 2. The van der Waals surface area contributed by atoms with Crippen LogP contribution in [-0.4, -0.2) is 101 Å². The predicted octanol–water partition coefficient (Wildman–Crippen LogP) is 5.73. The summed E-state index contributed by atoms with van der Waals surface area (Å²) in [6.45, 7) is 16.6. The lowest BCUT2D eigenvalue weighted by atomic mass is 9.80. The number of hydrogen-bond acceptors (Lipinski definition) is 12. The zero-order valence-corrected chi connectivity index (χ0v) is 37.0. The van der Waals surface area contributed by atoms with Gasteiger partial charge in [-0.05, 0) is 84.3 Å². The van der Waals surface area contributed by atoms with Crippen LogP contribution < -0.4 is 20.8 Å². The van der Waals surface area contributed by atoms with Gasteiger partial charge in [0, 0.05) is 56.0 Å². The summed E-state index contributed by atoms with van der Waals surface area (Å²) in [5.41, 5.74) is -0.515. The molecule has 5 N–H and O–H groups in total. The Morgan fingerprint density at radius 3 is 2.20 bits per heavy atom. The fraction of sp³-hybridized carbons (Fsp3) is 0.553. The third-order valence-corrected chi connectivity index (χ3v) is 11.6. The largest absolute Gasteiger partial charge is 0.507 e. The van der Waals surface area contributed by atoms with Crippen LogP contribution in [0.5, 0.6) is 17.2 Å². The fourth-order valence-corrected chi connectivity index (χ4v) is 8.28. The molecule has 328 valence electrons. The van der Waals surface area contributed by atoms with Crippen molar-refractivity contribution in [3.8, 4) is 30.1 Å². The van der Waals surface area contributed by atoms with Crippen molar-refractivity contribution in [2.45, 2.75) is 105 Å². The predicted molar refractivity (Wildman–Crippen MR) is 235 cm³/mol. The van der Waals surface area contributed by atoms with Gasteiger partial charge in [-0.25, -0.2) is 0 Å². The van der Waals surface area contributed by atoms with Gasteiger partial charge in [0.1, 0.15) is 28.6 Å². The number of fused-ring (bicyclic) bond motifs is 13. The van der Waals surface area contributed by atoms with Gasteiger partial charge in [-0.2, -0.15) is 0 Å². The number of aliphatic hydroxyl groups excluding tert-OH is 2. The minimum atomic E-state index is -1.36. The van der Waals surface area contributed by atoms with Crippen LogP contribution in [0.25, 0.3) is 10.8 Å². The molecule has 4 aliphatic heterocycles. The Kier molecular flexibility index (Phi) is 18.1. The summed E-state index contributed by atoms with van der Waals surface area (Å²) in [6.07, 6.45) is 18.7. The maximum atomic E-state index is 14.7. The number of ketones is 1. The molecule has 0 radical (unpaired) electrons. The van der Waals surface area contributed by atoms with E-state index < -0.39 is 35.4 Å². The molecule has 2 aromatic rings. The van der Waals surface area contributed by atoms with Crippen LogP contribution in [0, 0.1) is 43.4 Å². The van der Waals surface area contributed by atoms with Crippen molar-refractivity contribution >= 4 is 34.1 Å². The molecular weight excluding hydrogens is 765 g/mol. The Balaban J connectivity index is 0.00000233. The highest BCUT2D eigenvalue weighted by Crippen LogP contribution is 2.49. The van der Waals surface area contributed by atoms with Gasteiger partial charge in [0.2, 0.25) is 5.78 Å². The number of ether oxygens (including phenoxy) is 2. The molecule has 0 fully saturated rings. The standard InChI is InChI=1S/C44H60N4O8.C2H2.CH4O/c1-24-15-12-17-26(3)43(54)47-36-35-34(45-19-13-21-48(9)22-14-20-46-35)31-32(39(36)52)38(51)29(6)41-33(31)42(53)44(8,56-41)18-11-10-16-25(2)40(55-30(7)49)28(5)37(50)27(4)23-24;2*1-2/h10-12,15,17,24-25,27-28,37,40,50-52H,13-14,16,18-23H2,1-9H3,(H,47,54);1-2H;2H,1H3/b11-10+,15-12+,26-17-,45-34?,46-35?;;/t24-,25+,27+,28+,37+,40+,44+;;/m0../s1. The van der Waals surface area contributed by atoms with E-state index in [1.165, 1.54) is 6.92 Å². The van der Waals surface area contributed by atoms with E-state index in [0.29, 0.717) is 49.7 Å². The molecule has 1 amide bonds. The van der Waals surface area contributed by atoms with E-state index in [0.717, 1.165) is 20.2 Å². The van der Waals surface area contributed by atoms with Gasteiger partial charge in [0.15, 0.2) is 11.4 Å². The molecule has 5 bridgehead atoms. The van der Waals surface area contributed by atoms with Crippen molar-refractivity contribution in [2.24, 2.45) is 33.7 Å². The first-order valence-corrected chi connectivity index (χ1v) is 20.8. The molecule has 4 aliphatic rings. The van der Waals surface area contributed by atoms with Crippen LogP contribution in [0.3, 0.4) is 0 Å². The number of nitrogens with zero attached hydrogens (tertiary/aromatic N) is 3. The number of amides is 1. The third kappa shape index (κ3) is 11.0. The van der Waals surface area contributed by atoms with E-state index in [1.807, 2.05) is 53.0 Å². The van der Waals surface area contributed by atoms with Gasteiger partial charge in [-0.3, -0.25) is 24.4 Å². The molecule has 0 unspecified atom stereocenters. The third-order valence-electron chi connectivity index (χ3n) is 11.6. The quantitative estimate of drug-likeness (QED) is 0.103. The highest BCUT2D eigenvalue weighted by Gasteiger charge is 2.47. The second-order valence-electron chi connectivity index (χ2n) is 16.5. The molecule has 0 aromatic heterocycles. The number of phenols is 2. The highest BCUT2D eigenvalue weighted by molar-refractivity contribution is 6.20. The molecule has 60 heavy (non-hydrogen) atoms. The fourth-order valence-electron chi connectivity index (χ4n) is 8.28. The molecule has 13 nitrogen and oxygen atoms in total. The zero-order valence-electron chi connectivity index (χ0n) is 37.0. The minimum absolute atomic E-state index is 0.00134. The Morgan fingerprint density at radius 1 is 0.967 bits per heavy atom. The van der Waals surface area contributed by atoms with E-state index in [2.05, 4.69) is 23.1 Å². The number of benzene rings is 2. The molecule has 6 rings (SSSR count). The van der Waals surface area contributed by atoms with Crippen LogP contribution in [0.15, 0.2) is 45.9 Å². The summed E-state index contributed by atoms with van der Waals surface area (Å²) in [6, 6.07) is 0. The van der Waals surface area contributed by atoms with Crippen molar-refractivity contribution in [2.75, 3.05) is 45.7 Å². The normalized spacial score (nSPS) is 28.9. The Morgan fingerprint density at radius 2 is 1.58 bits per heavy atom. The van der Waals surface area contributed by atoms with Crippen molar-refractivity contribution < 1.29 is 44.3 Å². The Bertz CT molecular complexity index is 2120. The van der Waals surface area contributed by atoms with Gasteiger partial charge < -0.3 is 40.1 Å². The monoisotopic (exact) mass is 830 g/mol. The van der Waals surface area contributed by atoms with Crippen LogP contribution in [0.4, 0.5) is 5.69 Å². The van der Waals surface area contributed by atoms with Crippen molar-refractivity contribution in [3.63, 3.8) is 0 Å². The van der Waals surface area contributed by atoms with Crippen LogP contribution in [0.1, 0.15) is 96.5 Å². The second-order valence-corrected chi connectivity index (χ2v) is 16.5. The van der Waals surface area contributed by atoms with E-state index in [4.69, 9.17) is 24.6 Å². The topological polar surface area (TPSA) is 191 Å². The number of allylic oxidation sites excluding steroid dienone is 4. The maximum Gasteiger partial charge on any atom is 0.302 e. The second kappa shape index (κ2) is 22.0. The average molecular weight is 831 g/mol. The summed E-state index contributed by atoms with van der Waals surface area (Å²) in [5.74, 6) is -2.30. The number of carbonyl (C=O) groups is 3. The van der Waals surface area contributed by atoms with E-state index >= 15 is 0 Å². The summed E-state index contributed by atoms with van der Waals surface area (Å²) in [5, 5.41) is 45.9. The SMILES string of the molecule is C#C.CC(=O)O[C@H]1[C@H](C)[C@H](O)[C@H](C)C[C@@H](C)/C=C/C=C(/C)C(=O)Nc2c(O)c3c(O)c(C)c4c(c3c3c2=NCCCN(C)CCCN=3)C(=O)[C@@](C)(C/C=C/C[C@H]1C)O4.CO. The maximum absolute atomic E-state index is 14.7. The highest BCUT2D eigenvalue weighted by atomic mass is 16.5. The van der Waals surface area contributed by atoms with Crippen molar-refractivity contribution in [1.82, 2.24) is 4.90 Å². The first kappa shape index (κ1) is 49.3. The molecule has 4 heterocycles. The van der Waals surface area contributed by atoms with Crippen LogP contribution in [-0.2, 0) is 14.3 Å². The number of anilines is 1. The lowest BCUT2D eigenvalue weighted by molar-refractivity contribution is -0.156. The van der Waals surface area contributed by atoms with Gasteiger partial charge >= 0.3 is 5.97 Å². The minimum Gasteiger partial charge on any atom is -0.507 e. The molecule has 0 aliphatic carbocycles. The Labute approximate surface area is 355 Å². The van der Waals surface area contributed by atoms with E-state index in [9.17, 15) is 29.7 Å². The number of rotatable bonds is 1. The van der Waals surface area contributed by atoms with Gasteiger partial charge in [-0.15, -0.1) is 12.8 Å². The number of aromatic hydroxyl groups is 2. The summed E-state index contributed by atoms with van der Waals surface area (Å²) in [7, 11) is 3.04. The number of terminal acetylenes is 1. The van der Waals surface area contributed by atoms with E-state index in [1.54, 1.807) is 32.9 Å². The molecular formula is C47H66N4O9. The number of phenolic OH excluding ortho intramolecular Hbond substituents is 2.